The van der Waals surface area contributed by atoms with Crippen LogP contribution in [0, 0.1) is 10.1 Å². The first kappa shape index (κ1) is 17.1. The smallest absolute Gasteiger partial charge is 0.273 e. The third-order valence-corrected chi connectivity index (χ3v) is 4.90. The van der Waals surface area contributed by atoms with Crippen molar-refractivity contribution in [1.29, 1.82) is 0 Å². The normalized spacial score (nSPS) is 20.0. The summed E-state index contributed by atoms with van der Waals surface area (Å²) in [6.07, 6.45) is 4.06. The lowest BCUT2D eigenvalue weighted by Crippen LogP contribution is -2.38. The van der Waals surface area contributed by atoms with Crippen molar-refractivity contribution in [2.75, 3.05) is 0 Å². The van der Waals surface area contributed by atoms with E-state index in [1.807, 2.05) is 6.07 Å². The highest BCUT2D eigenvalue weighted by molar-refractivity contribution is 5.80. The van der Waals surface area contributed by atoms with Gasteiger partial charge < -0.3 is 5.32 Å². The number of nitrogens with zero attached hydrogens (tertiary/aromatic N) is 1. The van der Waals surface area contributed by atoms with Gasteiger partial charge >= 0.3 is 0 Å². The van der Waals surface area contributed by atoms with Crippen molar-refractivity contribution < 1.29 is 9.72 Å². The average Bonchev–Trinajstić information content (AvgIpc) is 2.63. The summed E-state index contributed by atoms with van der Waals surface area (Å²) in [5.41, 5.74) is 1.83. The number of carbonyl (C=O) groups is 1. The molecule has 0 saturated heterocycles. The Morgan fingerprint density at radius 2 is 1.64 bits per heavy atom. The number of hydrogen-bond donors (Lipinski definition) is 1. The van der Waals surface area contributed by atoms with E-state index in [9.17, 15) is 14.9 Å². The van der Waals surface area contributed by atoms with Gasteiger partial charge in [0.1, 0.15) is 0 Å². The summed E-state index contributed by atoms with van der Waals surface area (Å²) >= 11 is 0. The number of nitro groups is 1. The fourth-order valence-corrected chi connectivity index (χ4v) is 3.59. The van der Waals surface area contributed by atoms with Crippen molar-refractivity contribution >= 4 is 11.6 Å². The van der Waals surface area contributed by atoms with Gasteiger partial charge in [-0.15, -0.1) is 0 Å². The van der Waals surface area contributed by atoms with Crippen LogP contribution in [0.4, 0.5) is 5.69 Å². The SMILES string of the molecule is O=C(Cc1ccccc1[N+](=O)[O-])NC1CCC(c2ccccc2)CC1. The summed E-state index contributed by atoms with van der Waals surface area (Å²) in [6, 6.07) is 17.1. The van der Waals surface area contributed by atoms with Crippen molar-refractivity contribution in [2.45, 2.75) is 44.1 Å². The molecule has 3 rings (SSSR count). The molecule has 0 aliphatic heterocycles. The van der Waals surface area contributed by atoms with Gasteiger partial charge in [0.15, 0.2) is 0 Å². The van der Waals surface area contributed by atoms with Gasteiger partial charge in [0, 0.05) is 17.7 Å². The number of benzene rings is 2. The molecular formula is C20H22N2O3. The third kappa shape index (κ3) is 4.44. The first-order valence-electron chi connectivity index (χ1n) is 8.70. The van der Waals surface area contributed by atoms with Crippen LogP contribution in [0.5, 0.6) is 0 Å². The Kier molecular flexibility index (Phi) is 5.43. The highest BCUT2D eigenvalue weighted by Crippen LogP contribution is 2.32. The van der Waals surface area contributed by atoms with Gasteiger partial charge in [-0.2, -0.15) is 0 Å². The van der Waals surface area contributed by atoms with E-state index in [1.165, 1.54) is 11.6 Å². The number of hydrogen-bond acceptors (Lipinski definition) is 3. The van der Waals surface area contributed by atoms with Crippen molar-refractivity contribution in [3.8, 4) is 0 Å². The van der Waals surface area contributed by atoms with E-state index in [0.29, 0.717) is 11.5 Å². The van der Waals surface area contributed by atoms with Crippen LogP contribution < -0.4 is 5.32 Å². The third-order valence-electron chi connectivity index (χ3n) is 4.90. The molecule has 5 nitrogen and oxygen atoms in total. The lowest BCUT2D eigenvalue weighted by molar-refractivity contribution is -0.385. The van der Waals surface area contributed by atoms with Crippen molar-refractivity contribution in [3.05, 3.63) is 75.8 Å². The van der Waals surface area contributed by atoms with Gasteiger partial charge in [-0.3, -0.25) is 14.9 Å². The van der Waals surface area contributed by atoms with Gasteiger partial charge in [-0.05, 0) is 37.2 Å². The molecule has 0 atom stereocenters. The van der Waals surface area contributed by atoms with Gasteiger partial charge in [-0.25, -0.2) is 0 Å². The number of nitrogens with one attached hydrogen (secondary N) is 1. The Balaban J connectivity index is 1.52. The minimum atomic E-state index is -0.437. The maximum absolute atomic E-state index is 12.3. The van der Waals surface area contributed by atoms with Crippen LogP contribution >= 0.6 is 0 Å². The first-order valence-corrected chi connectivity index (χ1v) is 8.70. The zero-order valence-corrected chi connectivity index (χ0v) is 14.1. The zero-order chi connectivity index (χ0) is 17.6. The van der Waals surface area contributed by atoms with E-state index < -0.39 is 4.92 Å². The molecule has 0 bridgehead atoms. The number of carbonyl (C=O) groups excluding carboxylic acids is 1. The minimum absolute atomic E-state index is 0.00503. The van der Waals surface area contributed by atoms with Crippen LogP contribution in [0.2, 0.25) is 0 Å². The van der Waals surface area contributed by atoms with Crippen molar-refractivity contribution in [2.24, 2.45) is 0 Å². The molecule has 1 aliphatic carbocycles. The first-order chi connectivity index (χ1) is 12.1. The molecule has 0 spiro atoms. The fourth-order valence-electron chi connectivity index (χ4n) is 3.59. The lowest BCUT2D eigenvalue weighted by Gasteiger charge is -2.29. The maximum atomic E-state index is 12.3. The molecule has 130 valence electrons. The highest BCUT2D eigenvalue weighted by Gasteiger charge is 2.24. The molecule has 25 heavy (non-hydrogen) atoms. The summed E-state index contributed by atoms with van der Waals surface area (Å²) in [5.74, 6) is 0.419. The maximum Gasteiger partial charge on any atom is 0.273 e. The van der Waals surface area contributed by atoms with Crippen molar-refractivity contribution in [1.82, 2.24) is 5.32 Å². The molecule has 1 amide bonds. The molecule has 0 radical (unpaired) electrons. The predicted octanol–water partition coefficient (Wildman–Crippen LogP) is 3.98. The van der Waals surface area contributed by atoms with Crippen LogP contribution in [0.3, 0.4) is 0 Å². The van der Waals surface area contributed by atoms with E-state index in [-0.39, 0.29) is 24.1 Å². The lowest BCUT2D eigenvalue weighted by atomic mass is 9.82. The summed E-state index contributed by atoms with van der Waals surface area (Å²) in [6.45, 7) is 0. The molecule has 1 N–H and O–H groups in total. The fraction of sp³-hybridized carbons (Fsp3) is 0.350. The molecule has 1 saturated carbocycles. The van der Waals surface area contributed by atoms with Crippen LogP contribution in [0.1, 0.15) is 42.7 Å². The van der Waals surface area contributed by atoms with E-state index in [2.05, 4.69) is 29.6 Å². The molecule has 1 fully saturated rings. The number of rotatable bonds is 5. The molecule has 0 unspecified atom stereocenters. The van der Waals surface area contributed by atoms with Gasteiger partial charge in [0.05, 0.1) is 11.3 Å². The summed E-state index contributed by atoms with van der Waals surface area (Å²) in [4.78, 5) is 22.9. The zero-order valence-electron chi connectivity index (χ0n) is 14.1. The largest absolute Gasteiger partial charge is 0.353 e. The van der Waals surface area contributed by atoms with Crippen LogP contribution in [0.25, 0.3) is 0 Å². The van der Waals surface area contributed by atoms with E-state index in [0.717, 1.165) is 25.7 Å². The van der Waals surface area contributed by atoms with Crippen LogP contribution in [-0.4, -0.2) is 16.9 Å². The summed E-state index contributed by atoms with van der Waals surface area (Å²) < 4.78 is 0. The van der Waals surface area contributed by atoms with E-state index in [4.69, 9.17) is 0 Å². The Hall–Kier alpha value is -2.69. The molecule has 2 aromatic carbocycles. The van der Waals surface area contributed by atoms with E-state index in [1.54, 1.807) is 18.2 Å². The Bertz CT molecular complexity index is 738. The molecule has 0 aromatic heterocycles. The van der Waals surface area contributed by atoms with Crippen LogP contribution in [-0.2, 0) is 11.2 Å². The molecule has 1 aliphatic rings. The quantitative estimate of drug-likeness (QED) is 0.662. The topological polar surface area (TPSA) is 72.2 Å². The van der Waals surface area contributed by atoms with Gasteiger partial charge in [0.25, 0.3) is 5.69 Å². The summed E-state index contributed by atoms with van der Waals surface area (Å²) in [7, 11) is 0. The number of nitro benzene ring substituents is 1. The second-order valence-electron chi connectivity index (χ2n) is 6.59. The standard InChI is InChI=1S/C20H22N2O3/c23-20(14-17-8-4-5-9-19(17)22(24)25)21-18-12-10-16(11-13-18)15-6-2-1-3-7-15/h1-9,16,18H,10-14H2,(H,21,23). The number of para-hydroxylation sites is 1. The van der Waals surface area contributed by atoms with Crippen LogP contribution in [0.15, 0.2) is 54.6 Å². The molecular weight excluding hydrogens is 316 g/mol. The Labute approximate surface area is 147 Å². The second kappa shape index (κ2) is 7.92. The average molecular weight is 338 g/mol. The Morgan fingerprint density at radius 1 is 1.00 bits per heavy atom. The molecule has 5 heteroatoms. The predicted molar refractivity (Wildman–Crippen MR) is 96.4 cm³/mol. The summed E-state index contributed by atoms with van der Waals surface area (Å²) in [5, 5.41) is 14.1. The van der Waals surface area contributed by atoms with Gasteiger partial charge in [-0.1, -0.05) is 48.5 Å². The number of amides is 1. The second-order valence-corrected chi connectivity index (χ2v) is 6.59. The highest BCUT2D eigenvalue weighted by atomic mass is 16.6. The monoisotopic (exact) mass is 338 g/mol. The Morgan fingerprint density at radius 3 is 2.32 bits per heavy atom. The molecule has 2 aromatic rings. The minimum Gasteiger partial charge on any atom is -0.353 e. The van der Waals surface area contributed by atoms with Crippen molar-refractivity contribution in [3.63, 3.8) is 0 Å². The van der Waals surface area contributed by atoms with E-state index >= 15 is 0 Å². The molecule has 0 heterocycles. The van der Waals surface area contributed by atoms with Gasteiger partial charge in [0.2, 0.25) is 5.91 Å².